The van der Waals surface area contributed by atoms with Crippen LogP contribution in [0.5, 0.6) is 0 Å². The number of H-pyrrole nitrogens is 1. The molecule has 9 heteroatoms. The summed E-state index contributed by atoms with van der Waals surface area (Å²) in [6.07, 6.45) is 1.86. The Morgan fingerprint density at radius 2 is 1.89 bits per heavy atom. The first-order chi connectivity index (χ1) is 13.0. The average molecular weight is 371 g/mol. The van der Waals surface area contributed by atoms with Crippen molar-refractivity contribution in [1.29, 1.82) is 0 Å². The molecule has 2 aliphatic rings. The Bertz CT molecular complexity index is 950. The highest BCUT2D eigenvalue weighted by Gasteiger charge is 2.35. The van der Waals surface area contributed by atoms with Crippen molar-refractivity contribution in [2.24, 2.45) is 0 Å². The molecule has 2 amide bonds. The summed E-state index contributed by atoms with van der Waals surface area (Å²) >= 11 is 0. The molecule has 1 fully saturated rings. The zero-order chi connectivity index (χ0) is 19.0. The number of halogens is 1. The summed E-state index contributed by atoms with van der Waals surface area (Å²) in [5.41, 5.74) is 0.0744. The Balaban J connectivity index is 1.65. The standard InChI is InChI=1S/C18H18FN5O3/c19-10-3-5-11(6-4-10)20-16(26)12-9-13(25)21-15-14(12)17(27)23-18(22-15)24-7-1-2-8-24/h3-6,12H,1-2,7-9H2,(H,20,26)(H2,21,22,23,25,27)/t12-/m1/s1. The van der Waals surface area contributed by atoms with Gasteiger partial charge in [0, 0.05) is 25.2 Å². The van der Waals surface area contributed by atoms with Gasteiger partial charge >= 0.3 is 0 Å². The van der Waals surface area contributed by atoms with Crippen LogP contribution in [0.15, 0.2) is 29.1 Å². The fraction of sp³-hybridized carbons (Fsp3) is 0.333. The summed E-state index contributed by atoms with van der Waals surface area (Å²) in [6, 6.07) is 5.26. The number of hydrogen-bond acceptors (Lipinski definition) is 5. The Morgan fingerprint density at radius 1 is 1.19 bits per heavy atom. The Labute approximate surface area is 153 Å². The summed E-state index contributed by atoms with van der Waals surface area (Å²) in [6.45, 7) is 1.56. The molecular formula is C18H18FN5O3. The van der Waals surface area contributed by atoms with Gasteiger partial charge in [-0.1, -0.05) is 0 Å². The van der Waals surface area contributed by atoms with Gasteiger partial charge in [0.25, 0.3) is 5.56 Å². The third-order valence-corrected chi connectivity index (χ3v) is 4.77. The second kappa shape index (κ2) is 6.82. The van der Waals surface area contributed by atoms with Crippen molar-refractivity contribution in [3.63, 3.8) is 0 Å². The molecule has 2 aliphatic heterocycles. The van der Waals surface area contributed by atoms with Crippen LogP contribution in [0.3, 0.4) is 0 Å². The number of benzene rings is 1. The molecular weight excluding hydrogens is 353 g/mol. The van der Waals surface area contributed by atoms with Crippen molar-refractivity contribution >= 4 is 29.3 Å². The topological polar surface area (TPSA) is 107 Å². The molecule has 1 aromatic heterocycles. The number of aromatic amines is 1. The van der Waals surface area contributed by atoms with E-state index in [1.54, 1.807) is 0 Å². The maximum atomic E-state index is 13.0. The molecule has 3 N–H and O–H groups in total. The average Bonchev–Trinajstić information content (AvgIpc) is 3.17. The van der Waals surface area contributed by atoms with Gasteiger partial charge in [0.2, 0.25) is 17.8 Å². The van der Waals surface area contributed by atoms with Crippen molar-refractivity contribution in [1.82, 2.24) is 9.97 Å². The number of aromatic nitrogens is 2. The predicted molar refractivity (Wildman–Crippen MR) is 97.3 cm³/mol. The second-order valence-electron chi connectivity index (χ2n) is 6.65. The van der Waals surface area contributed by atoms with Crippen molar-refractivity contribution in [3.05, 3.63) is 46.0 Å². The normalized spacial score (nSPS) is 18.8. The van der Waals surface area contributed by atoms with Crippen LogP contribution >= 0.6 is 0 Å². The van der Waals surface area contributed by atoms with E-state index in [0.29, 0.717) is 11.6 Å². The lowest BCUT2D eigenvalue weighted by molar-refractivity contribution is -0.123. The third kappa shape index (κ3) is 3.40. The maximum Gasteiger partial charge on any atom is 0.258 e. The van der Waals surface area contributed by atoms with Crippen LogP contribution < -0.4 is 21.1 Å². The summed E-state index contributed by atoms with van der Waals surface area (Å²) < 4.78 is 13.0. The van der Waals surface area contributed by atoms with E-state index in [0.717, 1.165) is 25.9 Å². The second-order valence-corrected chi connectivity index (χ2v) is 6.65. The van der Waals surface area contributed by atoms with Gasteiger partial charge in [0.05, 0.1) is 11.5 Å². The fourth-order valence-corrected chi connectivity index (χ4v) is 3.42. The number of carbonyl (C=O) groups excluding carboxylic acids is 2. The Hall–Kier alpha value is -3.23. The number of carbonyl (C=O) groups is 2. The maximum absolute atomic E-state index is 13.0. The molecule has 1 aromatic carbocycles. The van der Waals surface area contributed by atoms with Crippen LogP contribution in [0.25, 0.3) is 0 Å². The number of hydrogen-bond donors (Lipinski definition) is 3. The smallest absolute Gasteiger partial charge is 0.258 e. The molecule has 0 aliphatic carbocycles. The lowest BCUT2D eigenvalue weighted by Crippen LogP contribution is -2.37. The van der Waals surface area contributed by atoms with E-state index >= 15 is 0 Å². The van der Waals surface area contributed by atoms with Gasteiger partial charge in [-0.2, -0.15) is 4.98 Å². The molecule has 140 valence electrons. The summed E-state index contributed by atoms with van der Waals surface area (Å²) in [5, 5.41) is 5.22. The number of nitrogens with one attached hydrogen (secondary N) is 3. The van der Waals surface area contributed by atoms with E-state index < -0.39 is 23.2 Å². The zero-order valence-electron chi connectivity index (χ0n) is 14.4. The molecule has 1 saturated heterocycles. The van der Waals surface area contributed by atoms with E-state index in [4.69, 9.17) is 0 Å². The minimum atomic E-state index is -0.970. The summed E-state index contributed by atoms with van der Waals surface area (Å²) in [7, 11) is 0. The third-order valence-electron chi connectivity index (χ3n) is 4.77. The molecule has 0 spiro atoms. The molecule has 0 saturated carbocycles. The van der Waals surface area contributed by atoms with E-state index in [1.165, 1.54) is 24.3 Å². The van der Waals surface area contributed by atoms with Gasteiger partial charge in [-0.05, 0) is 37.1 Å². The zero-order valence-corrected chi connectivity index (χ0v) is 14.4. The predicted octanol–water partition coefficient (Wildman–Crippen LogP) is 1.57. The molecule has 0 radical (unpaired) electrons. The summed E-state index contributed by atoms with van der Waals surface area (Å²) in [4.78, 5) is 46.4. The van der Waals surface area contributed by atoms with Crippen molar-refractivity contribution in [2.45, 2.75) is 25.2 Å². The lowest BCUT2D eigenvalue weighted by Gasteiger charge is -2.25. The van der Waals surface area contributed by atoms with Gasteiger partial charge in [0.1, 0.15) is 11.6 Å². The first-order valence-corrected chi connectivity index (χ1v) is 8.77. The molecule has 3 heterocycles. The molecule has 4 rings (SSSR count). The number of amides is 2. The van der Waals surface area contributed by atoms with Crippen LogP contribution in [0.1, 0.15) is 30.7 Å². The monoisotopic (exact) mass is 371 g/mol. The van der Waals surface area contributed by atoms with E-state index in [1.807, 2.05) is 4.90 Å². The van der Waals surface area contributed by atoms with Crippen molar-refractivity contribution < 1.29 is 14.0 Å². The highest BCUT2D eigenvalue weighted by molar-refractivity contribution is 6.04. The van der Waals surface area contributed by atoms with Crippen LogP contribution in [-0.4, -0.2) is 34.9 Å². The van der Waals surface area contributed by atoms with E-state index in [-0.39, 0.29) is 23.7 Å². The van der Waals surface area contributed by atoms with E-state index in [9.17, 15) is 18.8 Å². The van der Waals surface area contributed by atoms with Gasteiger partial charge < -0.3 is 15.5 Å². The lowest BCUT2D eigenvalue weighted by atomic mass is 9.92. The van der Waals surface area contributed by atoms with Crippen LogP contribution in [0.4, 0.5) is 21.8 Å². The highest BCUT2D eigenvalue weighted by atomic mass is 19.1. The number of rotatable bonds is 3. The highest BCUT2D eigenvalue weighted by Crippen LogP contribution is 2.30. The molecule has 27 heavy (non-hydrogen) atoms. The number of nitrogens with zero attached hydrogens (tertiary/aromatic N) is 2. The van der Waals surface area contributed by atoms with Crippen LogP contribution in [-0.2, 0) is 9.59 Å². The van der Waals surface area contributed by atoms with Crippen molar-refractivity contribution in [2.75, 3.05) is 28.6 Å². The first-order valence-electron chi connectivity index (χ1n) is 8.77. The van der Waals surface area contributed by atoms with Crippen LogP contribution in [0, 0.1) is 5.82 Å². The molecule has 8 nitrogen and oxygen atoms in total. The molecule has 0 unspecified atom stereocenters. The first kappa shape index (κ1) is 17.2. The van der Waals surface area contributed by atoms with Gasteiger partial charge in [-0.25, -0.2) is 4.39 Å². The molecule has 1 atom stereocenters. The largest absolute Gasteiger partial charge is 0.342 e. The van der Waals surface area contributed by atoms with Crippen molar-refractivity contribution in [3.8, 4) is 0 Å². The molecule has 0 bridgehead atoms. The number of anilines is 3. The fourth-order valence-electron chi connectivity index (χ4n) is 3.42. The van der Waals surface area contributed by atoms with E-state index in [2.05, 4.69) is 20.6 Å². The molecule has 2 aromatic rings. The number of fused-ring (bicyclic) bond motifs is 1. The van der Waals surface area contributed by atoms with Gasteiger partial charge in [0.15, 0.2) is 0 Å². The van der Waals surface area contributed by atoms with Crippen LogP contribution in [0.2, 0.25) is 0 Å². The quantitative estimate of drug-likeness (QED) is 0.759. The Morgan fingerprint density at radius 3 is 2.59 bits per heavy atom. The minimum Gasteiger partial charge on any atom is -0.342 e. The minimum absolute atomic E-state index is 0.121. The van der Waals surface area contributed by atoms with Gasteiger partial charge in [-0.3, -0.25) is 19.4 Å². The van der Waals surface area contributed by atoms with Gasteiger partial charge in [-0.15, -0.1) is 0 Å². The Kier molecular flexibility index (Phi) is 4.35. The summed E-state index contributed by atoms with van der Waals surface area (Å²) in [5.74, 6) is -1.77. The SMILES string of the molecule is O=C1C[C@@H](C(=O)Nc2ccc(F)cc2)c2c(nc(N3CCCC3)[nH]c2=O)N1.